The molecule has 2 aliphatic rings. The lowest BCUT2D eigenvalue weighted by Crippen LogP contribution is -2.50. The van der Waals surface area contributed by atoms with Gasteiger partial charge in [-0.05, 0) is 43.9 Å². The highest BCUT2D eigenvalue weighted by Crippen LogP contribution is 2.31. The minimum absolute atomic E-state index is 0.0658. The first-order valence-electron chi connectivity index (χ1n) is 8.71. The van der Waals surface area contributed by atoms with Crippen LogP contribution in [-0.4, -0.2) is 48.3 Å². The number of aliphatic carboxylic acids is 1. The Morgan fingerprint density at radius 2 is 1.74 bits per heavy atom. The van der Waals surface area contributed by atoms with Crippen LogP contribution < -0.4 is 5.32 Å². The van der Waals surface area contributed by atoms with Gasteiger partial charge in [-0.3, -0.25) is 9.59 Å². The first-order valence-corrected chi connectivity index (χ1v) is 10.9. The second-order valence-corrected chi connectivity index (χ2v) is 9.63. The number of carbonyl (C=O) groups is 2. The van der Waals surface area contributed by atoms with E-state index in [0.29, 0.717) is 25.7 Å². The van der Waals surface area contributed by atoms with Crippen LogP contribution in [0.3, 0.4) is 0 Å². The number of nitrogens with one attached hydrogen (secondary N) is 1. The van der Waals surface area contributed by atoms with E-state index in [1.807, 2.05) is 0 Å². The molecule has 1 heterocycles. The van der Waals surface area contributed by atoms with Gasteiger partial charge in [-0.1, -0.05) is 29.6 Å². The highest BCUT2D eigenvalue weighted by atomic mass is 35.5. The normalized spacial score (nSPS) is 26.2. The maximum atomic E-state index is 13.0. The van der Waals surface area contributed by atoms with E-state index in [1.54, 1.807) is 0 Å². The molecule has 148 valence electrons. The summed E-state index contributed by atoms with van der Waals surface area (Å²) >= 11 is 11.8. The van der Waals surface area contributed by atoms with Crippen LogP contribution >= 0.6 is 23.2 Å². The van der Waals surface area contributed by atoms with E-state index in [1.165, 1.54) is 18.2 Å². The Labute approximate surface area is 167 Å². The average Bonchev–Trinajstić information content (AvgIpc) is 3.23. The third-order valence-electron chi connectivity index (χ3n) is 5.11. The quantitative estimate of drug-likeness (QED) is 0.740. The summed E-state index contributed by atoms with van der Waals surface area (Å²) in [7, 11) is -3.95. The molecule has 0 bridgehead atoms. The Bertz CT molecular complexity index is 841. The fourth-order valence-corrected chi connectivity index (χ4v) is 6.19. The highest BCUT2D eigenvalue weighted by molar-refractivity contribution is 7.89. The van der Waals surface area contributed by atoms with Crippen molar-refractivity contribution in [3.05, 3.63) is 28.2 Å². The van der Waals surface area contributed by atoms with Gasteiger partial charge in [0.1, 0.15) is 6.04 Å². The van der Waals surface area contributed by atoms with Gasteiger partial charge < -0.3 is 10.4 Å². The molecule has 2 fully saturated rings. The number of hydrogen-bond acceptors (Lipinski definition) is 4. The topological polar surface area (TPSA) is 104 Å². The summed E-state index contributed by atoms with van der Waals surface area (Å²) in [5, 5.41) is 12.4. The zero-order valence-corrected chi connectivity index (χ0v) is 16.7. The summed E-state index contributed by atoms with van der Waals surface area (Å²) in [5.74, 6) is -2.03. The Morgan fingerprint density at radius 1 is 1.07 bits per heavy atom. The molecule has 2 N–H and O–H groups in total. The molecule has 1 saturated heterocycles. The van der Waals surface area contributed by atoms with E-state index in [4.69, 9.17) is 23.2 Å². The molecular formula is C17H20Cl2N2O5S. The molecule has 1 saturated carbocycles. The molecule has 3 atom stereocenters. The molecule has 10 heteroatoms. The van der Waals surface area contributed by atoms with Gasteiger partial charge in [-0.2, -0.15) is 4.31 Å². The van der Waals surface area contributed by atoms with Crippen LogP contribution in [0.2, 0.25) is 10.0 Å². The van der Waals surface area contributed by atoms with Crippen molar-refractivity contribution < 1.29 is 23.1 Å². The number of benzene rings is 1. The Balaban J connectivity index is 1.80. The van der Waals surface area contributed by atoms with E-state index in [2.05, 4.69) is 5.32 Å². The highest BCUT2D eigenvalue weighted by Gasteiger charge is 2.42. The smallest absolute Gasteiger partial charge is 0.308 e. The van der Waals surface area contributed by atoms with Gasteiger partial charge in [0.15, 0.2) is 0 Å². The van der Waals surface area contributed by atoms with Gasteiger partial charge in [-0.25, -0.2) is 8.42 Å². The number of nitrogens with zero attached hydrogens (tertiary/aromatic N) is 1. The van der Waals surface area contributed by atoms with Gasteiger partial charge in [0, 0.05) is 22.6 Å². The summed E-state index contributed by atoms with van der Waals surface area (Å²) < 4.78 is 27.1. The molecule has 1 aromatic rings. The van der Waals surface area contributed by atoms with Crippen LogP contribution in [0.1, 0.15) is 32.1 Å². The van der Waals surface area contributed by atoms with Gasteiger partial charge >= 0.3 is 5.97 Å². The predicted octanol–water partition coefficient (Wildman–Crippen LogP) is 2.52. The van der Waals surface area contributed by atoms with Crippen LogP contribution in [-0.2, 0) is 19.6 Å². The van der Waals surface area contributed by atoms with Crippen molar-refractivity contribution in [2.45, 2.75) is 49.1 Å². The molecule has 0 unspecified atom stereocenters. The first kappa shape index (κ1) is 20.4. The van der Waals surface area contributed by atoms with E-state index in [0.717, 1.165) is 10.7 Å². The van der Waals surface area contributed by atoms with Crippen molar-refractivity contribution in [3.63, 3.8) is 0 Å². The van der Waals surface area contributed by atoms with Crippen LogP contribution in [0.25, 0.3) is 0 Å². The number of carbonyl (C=O) groups excluding carboxylic acids is 1. The molecule has 3 rings (SSSR count). The van der Waals surface area contributed by atoms with Gasteiger partial charge in [0.25, 0.3) is 0 Å². The van der Waals surface area contributed by atoms with Crippen LogP contribution in [0, 0.1) is 5.92 Å². The van der Waals surface area contributed by atoms with Crippen LogP contribution in [0.4, 0.5) is 0 Å². The fourth-order valence-electron chi connectivity index (χ4n) is 3.81. The van der Waals surface area contributed by atoms with Crippen molar-refractivity contribution in [1.82, 2.24) is 9.62 Å². The zero-order chi connectivity index (χ0) is 19.8. The van der Waals surface area contributed by atoms with Gasteiger partial charge in [0.2, 0.25) is 15.9 Å². The maximum absolute atomic E-state index is 13.0. The van der Waals surface area contributed by atoms with Gasteiger partial charge in [-0.15, -0.1) is 0 Å². The molecule has 27 heavy (non-hydrogen) atoms. The number of carboxylic acids is 1. The van der Waals surface area contributed by atoms with E-state index in [-0.39, 0.29) is 21.5 Å². The lowest BCUT2D eigenvalue weighted by molar-refractivity contribution is -0.142. The fraction of sp³-hybridized carbons (Fsp3) is 0.529. The molecular weight excluding hydrogens is 415 g/mol. The molecule has 1 aromatic carbocycles. The lowest BCUT2D eigenvalue weighted by atomic mass is 10.0. The van der Waals surface area contributed by atoms with Crippen molar-refractivity contribution in [2.24, 2.45) is 5.92 Å². The molecule has 7 nitrogen and oxygen atoms in total. The van der Waals surface area contributed by atoms with Crippen molar-refractivity contribution >= 4 is 45.1 Å². The molecule has 1 aliphatic heterocycles. The Hall–Kier alpha value is -1.35. The minimum Gasteiger partial charge on any atom is -0.481 e. The first-order chi connectivity index (χ1) is 12.7. The van der Waals surface area contributed by atoms with E-state index >= 15 is 0 Å². The van der Waals surface area contributed by atoms with Crippen LogP contribution in [0.15, 0.2) is 23.1 Å². The third-order valence-corrected chi connectivity index (χ3v) is 7.43. The van der Waals surface area contributed by atoms with Crippen molar-refractivity contribution in [3.8, 4) is 0 Å². The number of carboxylic acid groups (broad SMARTS) is 1. The van der Waals surface area contributed by atoms with Crippen molar-refractivity contribution in [2.75, 3.05) is 6.54 Å². The molecule has 0 aromatic heterocycles. The largest absolute Gasteiger partial charge is 0.481 e. The minimum atomic E-state index is -3.95. The predicted molar refractivity (Wildman–Crippen MR) is 100 cm³/mol. The van der Waals surface area contributed by atoms with Crippen LogP contribution in [0.5, 0.6) is 0 Å². The Kier molecular flexibility index (Phi) is 6.00. The Morgan fingerprint density at radius 3 is 2.37 bits per heavy atom. The summed E-state index contributed by atoms with van der Waals surface area (Å²) in [6.07, 6.45) is 2.72. The number of sulfonamides is 1. The number of amides is 1. The zero-order valence-electron chi connectivity index (χ0n) is 14.4. The summed E-state index contributed by atoms with van der Waals surface area (Å²) in [6.45, 7) is 0.206. The van der Waals surface area contributed by atoms with E-state index in [9.17, 15) is 23.1 Å². The number of rotatable bonds is 5. The average molecular weight is 435 g/mol. The maximum Gasteiger partial charge on any atom is 0.308 e. The summed E-state index contributed by atoms with van der Waals surface area (Å²) in [5.41, 5.74) is 0. The summed E-state index contributed by atoms with van der Waals surface area (Å²) in [4.78, 5) is 24.0. The molecule has 0 radical (unpaired) electrons. The molecule has 1 amide bonds. The lowest BCUT2D eigenvalue weighted by Gasteiger charge is -2.26. The monoisotopic (exact) mass is 434 g/mol. The van der Waals surface area contributed by atoms with Gasteiger partial charge in [0.05, 0.1) is 10.8 Å². The van der Waals surface area contributed by atoms with E-state index < -0.39 is 39.9 Å². The summed E-state index contributed by atoms with van der Waals surface area (Å²) in [6, 6.07) is 2.69. The third kappa shape index (κ3) is 4.23. The second kappa shape index (κ2) is 7.95. The SMILES string of the molecule is O=C(O)[C@@H]1CCC[C@@H]1NC(=O)[C@@H]1CCCN1S(=O)(=O)c1cc(Cl)cc(Cl)c1. The molecule has 0 spiro atoms. The standard InChI is InChI=1S/C17H20Cl2N2O5S/c18-10-7-11(19)9-12(8-10)27(25,26)21-6-2-5-15(21)16(22)20-14-4-1-3-13(14)17(23)24/h7-9,13-15H,1-6H2,(H,20,22)(H,23,24)/t13-,14+,15+/m1/s1. The number of hydrogen-bond donors (Lipinski definition) is 2. The van der Waals surface area contributed by atoms with Crippen molar-refractivity contribution in [1.29, 1.82) is 0 Å². The number of halogens is 2. The molecule has 1 aliphatic carbocycles. The second-order valence-electron chi connectivity index (χ2n) is 6.87.